The van der Waals surface area contributed by atoms with Gasteiger partial charge < -0.3 is 20.1 Å². The molecule has 0 aliphatic rings. The van der Waals surface area contributed by atoms with Gasteiger partial charge in [-0.05, 0) is 44.2 Å². The van der Waals surface area contributed by atoms with E-state index in [0.717, 1.165) is 39.0 Å². The number of methoxy groups -OCH3 is 2. The van der Waals surface area contributed by atoms with Crippen LogP contribution in [0.4, 0.5) is 5.69 Å². The molecule has 1 amide bonds. The molecule has 0 fully saturated rings. The second-order valence-corrected chi connectivity index (χ2v) is 7.98. The number of aromatic nitrogens is 1. The van der Waals surface area contributed by atoms with Gasteiger partial charge >= 0.3 is 0 Å². The Kier molecular flexibility index (Phi) is 7.43. The van der Waals surface area contributed by atoms with Crippen LogP contribution in [-0.4, -0.2) is 25.1 Å². The Hall–Kier alpha value is -2.90. The van der Waals surface area contributed by atoms with Gasteiger partial charge in [0.1, 0.15) is 16.5 Å². The zero-order chi connectivity index (χ0) is 21.5. The minimum absolute atomic E-state index is 0.0463. The van der Waals surface area contributed by atoms with Gasteiger partial charge in [-0.1, -0.05) is 17.7 Å². The van der Waals surface area contributed by atoms with Crippen molar-refractivity contribution >= 4 is 22.9 Å². The largest absolute Gasteiger partial charge is 0.497 e. The number of carbonyl (C=O) groups excluding carboxylic acids is 1. The Labute approximate surface area is 181 Å². The molecule has 0 saturated heterocycles. The quantitative estimate of drug-likeness (QED) is 0.528. The lowest BCUT2D eigenvalue weighted by Gasteiger charge is -2.17. The van der Waals surface area contributed by atoms with Crippen LogP contribution in [0.15, 0.2) is 47.8 Å². The lowest BCUT2D eigenvalue weighted by molar-refractivity contribution is -0.115. The second kappa shape index (κ2) is 10.2. The predicted octanol–water partition coefficient (Wildman–Crippen LogP) is 4.50. The van der Waals surface area contributed by atoms with Gasteiger partial charge in [0.2, 0.25) is 5.91 Å². The van der Waals surface area contributed by atoms with E-state index in [1.54, 1.807) is 14.2 Å². The SMILES string of the molecule is COc1ccc(OC)c(C(C)NCc2csc(CC(=O)Nc3ccc(C)cc3)n2)c1. The Balaban J connectivity index is 1.55. The van der Waals surface area contributed by atoms with Crippen LogP contribution in [0, 0.1) is 6.92 Å². The summed E-state index contributed by atoms with van der Waals surface area (Å²) in [6.07, 6.45) is 0.262. The van der Waals surface area contributed by atoms with Crippen molar-refractivity contribution in [2.75, 3.05) is 19.5 Å². The van der Waals surface area contributed by atoms with Crippen molar-refractivity contribution in [2.24, 2.45) is 0 Å². The van der Waals surface area contributed by atoms with Crippen molar-refractivity contribution in [1.29, 1.82) is 0 Å². The van der Waals surface area contributed by atoms with E-state index in [1.807, 2.05) is 54.8 Å². The fourth-order valence-electron chi connectivity index (χ4n) is 3.04. The highest BCUT2D eigenvalue weighted by molar-refractivity contribution is 7.09. The van der Waals surface area contributed by atoms with Crippen LogP contribution >= 0.6 is 11.3 Å². The van der Waals surface area contributed by atoms with Crippen molar-refractivity contribution in [3.8, 4) is 11.5 Å². The molecule has 7 heteroatoms. The molecule has 0 radical (unpaired) electrons. The summed E-state index contributed by atoms with van der Waals surface area (Å²) < 4.78 is 10.8. The van der Waals surface area contributed by atoms with Crippen LogP contribution in [0.5, 0.6) is 11.5 Å². The van der Waals surface area contributed by atoms with Crippen LogP contribution < -0.4 is 20.1 Å². The molecule has 3 aromatic rings. The zero-order valence-corrected chi connectivity index (χ0v) is 18.5. The molecule has 2 N–H and O–H groups in total. The third-order valence-electron chi connectivity index (χ3n) is 4.74. The van der Waals surface area contributed by atoms with Crippen molar-refractivity contribution < 1.29 is 14.3 Å². The first-order valence-corrected chi connectivity index (χ1v) is 10.6. The topological polar surface area (TPSA) is 72.5 Å². The molecule has 30 heavy (non-hydrogen) atoms. The molecule has 158 valence electrons. The summed E-state index contributed by atoms with van der Waals surface area (Å²) in [5, 5.41) is 9.15. The minimum Gasteiger partial charge on any atom is -0.497 e. The number of hydrogen-bond donors (Lipinski definition) is 2. The summed E-state index contributed by atoms with van der Waals surface area (Å²) in [6.45, 7) is 4.68. The summed E-state index contributed by atoms with van der Waals surface area (Å²) in [5.74, 6) is 1.53. The van der Waals surface area contributed by atoms with Crippen LogP contribution in [0.25, 0.3) is 0 Å². The van der Waals surface area contributed by atoms with Crippen LogP contribution in [-0.2, 0) is 17.8 Å². The van der Waals surface area contributed by atoms with Gasteiger partial charge in [-0.25, -0.2) is 4.98 Å². The van der Waals surface area contributed by atoms with Gasteiger partial charge in [-0.15, -0.1) is 11.3 Å². The maximum absolute atomic E-state index is 12.3. The number of anilines is 1. The highest BCUT2D eigenvalue weighted by atomic mass is 32.1. The van der Waals surface area contributed by atoms with E-state index in [0.29, 0.717) is 6.54 Å². The average molecular weight is 426 g/mol. The van der Waals surface area contributed by atoms with Crippen molar-refractivity contribution in [2.45, 2.75) is 32.9 Å². The first kappa shape index (κ1) is 21.8. The lowest BCUT2D eigenvalue weighted by atomic mass is 10.1. The first-order valence-electron chi connectivity index (χ1n) is 9.73. The molecular weight excluding hydrogens is 398 g/mol. The third-order valence-corrected chi connectivity index (χ3v) is 5.64. The van der Waals surface area contributed by atoms with Gasteiger partial charge in [0.25, 0.3) is 0 Å². The summed E-state index contributed by atoms with van der Waals surface area (Å²) in [7, 11) is 3.31. The normalized spacial score (nSPS) is 11.7. The zero-order valence-electron chi connectivity index (χ0n) is 17.7. The fraction of sp³-hybridized carbons (Fsp3) is 0.304. The molecule has 0 bridgehead atoms. The van der Waals surface area contributed by atoms with E-state index in [-0.39, 0.29) is 18.4 Å². The van der Waals surface area contributed by atoms with Crippen LogP contribution in [0.1, 0.15) is 34.8 Å². The summed E-state index contributed by atoms with van der Waals surface area (Å²) >= 11 is 1.50. The van der Waals surface area contributed by atoms with E-state index in [1.165, 1.54) is 11.3 Å². The number of ether oxygens (including phenoxy) is 2. The van der Waals surface area contributed by atoms with Crippen molar-refractivity contribution in [3.63, 3.8) is 0 Å². The maximum Gasteiger partial charge on any atom is 0.231 e. The highest BCUT2D eigenvalue weighted by Crippen LogP contribution is 2.29. The van der Waals surface area contributed by atoms with Crippen LogP contribution in [0.2, 0.25) is 0 Å². The number of aryl methyl sites for hydroxylation is 1. The predicted molar refractivity (Wildman–Crippen MR) is 120 cm³/mol. The molecule has 1 heterocycles. The Morgan fingerprint density at radius 2 is 1.90 bits per heavy atom. The number of rotatable bonds is 9. The first-order chi connectivity index (χ1) is 14.5. The van der Waals surface area contributed by atoms with Crippen molar-refractivity contribution in [1.82, 2.24) is 10.3 Å². The number of nitrogens with zero attached hydrogens (tertiary/aromatic N) is 1. The summed E-state index contributed by atoms with van der Waals surface area (Å²) in [6, 6.07) is 13.5. The fourth-order valence-corrected chi connectivity index (χ4v) is 3.83. The standard InChI is InChI=1S/C23H27N3O3S/c1-15-5-7-17(8-6-15)25-22(27)12-23-26-18(14-30-23)13-24-16(2)20-11-19(28-3)9-10-21(20)29-4/h5-11,14,16,24H,12-13H2,1-4H3,(H,25,27). The van der Waals surface area contributed by atoms with Crippen LogP contribution in [0.3, 0.4) is 0 Å². The second-order valence-electron chi connectivity index (χ2n) is 7.03. The molecule has 0 saturated carbocycles. The molecule has 1 aromatic heterocycles. The van der Waals surface area contributed by atoms with E-state index in [9.17, 15) is 4.79 Å². The molecule has 2 aromatic carbocycles. The Morgan fingerprint density at radius 3 is 2.60 bits per heavy atom. The monoisotopic (exact) mass is 425 g/mol. The molecule has 1 unspecified atom stereocenters. The molecule has 6 nitrogen and oxygen atoms in total. The number of carbonyl (C=O) groups is 1. The van der Waals surface area contributed by atoms with E-state index >= 15 is 0 Å². The molecular formula is C23H27N3O3S. The summed E-state index contributed by atoms with van der Waals surface area (Å²) in [4.78, 5) is 16.9. The minimum atomic E-state index is -0.0674. The van der Waals surface area contributed by atoms with E-state index in [2.05, 4.69) is 22.5 Å². The van der Waals surface area contributed by atoms with Gasteiger partial charge in [0.15, 0.2) is 0 Å². The molecule has 0 spiro atoms. The highest BCUT2D eigenvalue weighted by Gasteiger charge is 2.14. The van der Waals surface area contributed by atoms with E-state index < -0.39 is 0 Å². The van der Waals surface area contributed by atoms with Gasteiger partial charge in [-0.3, -0.25) is 4.79 Å². The number of nitrogens with one attached hydrogen (secondary N) is 2. The molecule has 0 aliphatic heterocycles. The van der Waals surface area contributed by atoms with E-state index in [4.69, 9.17) is 9.47 Å². The number of amides is 1. The maximum atomic E-state index is 12.3. The van der Waals surface area contributed by atoms with Gasteiger partial charge in [0.05, 0.1) is 26.3 Å². The van der Waals surface area contributed by atoms with Gasteiger partial charge in [0, 0.05) is 29.2 Å². The number of thiazole rings is 1. The van der Waals surface area contributed by atoms with Gasteiger partial charge in [-0.2, -0.15) is 0 Å². The Bertz CT molecular complexity index is 986. The molecule has 3 rings (SSSR count). The van der Waals surface area contributed by atoms with Crippen molar-refractivity contribution in [3.05, 3.63) is 69.7 Å². The summed E-state index contributed by atoms with van der Waals surface area (Å²) in [5.41, 5.74) is 3.88. The number of benzene rings is 2. The molecule has 1 atom stereocenters. The average Bonchev–Trinajstić information content (AvgIpc) is 3.20. The third kappa shape index (κ3) is 5.81. The lowest BCUT2D eigenvalue weighted by Crippen LogP contribution is -2.19. The smallest absolute Gasteiger partial charge is 0.231 e. The molecule has 0 aliphatic carbocycles. The number of hydrogen-bond acceptors (Lipinski definition) is 6. The Morgan fingerprint density at radius 1 is 1.13 bits per heavy atom.